The van der Waals surface area contributed by atoms with Crippen molar-refractivity contribution in [2.45, 2.75) is 23.7 Å². The number of alkyl carbamates (subject to hydrolysis) is 1. The van der Waals surface area contributed by atoms with Crippen LogP contribution in [0.5, 0.6) is 0 Å². The highest BCUT2D eigenvalue weighted by molar-refractivity contribution is 9.10. The molecule has 0 aliphatic rings. The Morgan fingerprint density at radius 1 is 1.18 bits per heavy atom. The number of hydrogen-bond donors (Lipinski definition) is 1. The van der Waals surface area contributed by atoms with Crippen LogP contribution in [0.2, 0.25) is 0 Å². The van der Waals surface area contributed by atoms with Crippen molar-refractivity contribution >= 4 is 33.8 Å². The third-order valence-electron chi connectivity index (χ3n) is 2.90. The summed E-state index contributed by atoms with van der Waals surface area (Å²) >= 11 is 5.13. The second-order valence-electron chi connectivity index (χ2n) is 4.83. The summed E-state index contributed by atoms with van der Waals surface area (Å²) in [5.74, 6) is 0. The van der Waals surface area contributed by atoms with E-state index in [0.29, 0.717) is 13.2 Å². The normalized spacial score (nSPS) is 11.7. The van der Waals surface area contributed by atoms with E-state index >= 15 is 0 Å². The van der Waals surface area contributed by atoms with Crippen LogP contribution in [0.3, 0.4) is 0 Å². The molecule has 22 heavy (non-hydrogen) atoms. The van der Waals surface area contributed by atoms with Gasteiger partial charge >= 0.3 is 6.09 Å². The molecule has 0 saturated carbocycles. The van der Waals surface area contributed by atoms with Crippen LogP contribution >= 0.6 is 27.7 Å². The van der Waals surface area contributed by atoms with Crippen molar-refractivity contribution in [3.8, 4) is 0 Å². The van der Waals surface area contributed by atoms with Gasteiger partial charge in [0.05, 0.1) is 0 Å². The zero-order valence-corrected chi connectivity index (χ0v) is 14.7. The number of carbonyl (C=O) groups excluding carboxylic acids is 1. The number of ether oxygens (including phenoxy) is 1. The predicted molar refractivity (Wildman–Crippen MR) is 94.1 cm³/mol. The zero-order valence-electron chi connectivity index (χ0n) is 12.3. The quantitative estimate of drug-likeness (QED) is 0.728. The van der Waals surface area contributed by atoms with E-state index in [0.717, 1.165) is 10.0 Å². The fourth-order valence-corrected chi connectivity index (χ4v) is 2.98. The lowest BCUT2D eigenvalue weighted by atomic mass is 10.2. The molecule has 0 fully saturated rings. The largest absolute Gasteiger partial charge is 0.445 e. The van der Waals surface area contributed by atoms with E-state index in [4.69, 9.17) is 4.74 Å². The van der Waals surface area contributed by atoms with Crippen LogP contribution in [0.4, 0.5) is 4.79 Å². The number of halogens is 1. The average Bonchev–Trinajstić information content (AvgIpc) is 2.54. The molecule has 3 nitrogen and oxygen atoms in total. The predicted octanol–water partition coefficient (Wildman–Crippen LogP) is 4.86. The molecule has 2 aromatic carbocycles. The van der Waals surface area contributed by atoms with Gasteiger partial charge in [0, 0.05) is 21.2 Å². The molecule has 2 rings (SSSR count). The lowest BCUT2D eigenvalue weighted by molar-refractivity contribution is 0.140. The van der Waals surface area contributed by atoms with Gasteiger partial charge in [-0.15, -0.1) is 11.8 Å². The van der Waals surface area contributed by atoms with Crippen LogP contribution in [0, 0.1) is 0 Å². The molecule has 0 saturated heterocycles. The minimum atomic E-state index is -0.382. The monoisotopic (exact) mass is 379 g/mol. The average molecular weight is 380 g/mol. The molecule has 116 valence electrons. The molecule has 0 aromatic heterocycles. The number of carbonyl (C=O) groups is 1. The Balaban J connectivity index is 1.68. The van der Waals surface area contributed by atoms with Gasteiger partial charge in [-0.2, -0.15) is 0 Å². The van der Waals surface area contributed by atoms with E-state index in [2.05, 4.69) is 40.3 Å². The van der Waals surface area contributed by atoms with Gasteiger partial charge in [0.2, 0.25) is 0 Å². The van der Waals surface area contributed by atoms with Crippen LogP contribution < -0.4 is 5.32 Å². The van der Waals surface area contributed by atoms with Crippen molar-refractivity contribution < 1.29 is 9.53 Å². The van der Waals surface area contributed by atoms with Crippen molar-refractivity contribution in [3.05, 3.63) is 64.6 Å². The Morgan fingerprint density at radius 2 is 1.86 bits per heavy atom. The van der Waals surface area contributed by atoms with Crippen molar-refractivity contribution in [2.75, 3.05) is 6.54 Å². The van der Waals surface area contributed by atoms with Gasteiger partial charge in [-0.3, -0.25) is 0 Å². The summed E-state index contributed by atoms with van der Waals surface area (Å²) < 4.78 is 6.24. The van der Waals surface area contributed by atoms with Gasteiger partial charge in [0.15, 0.2) is 0 Å². The van der Waals surface area contributed by atoms with Gasteiger partial charge in [-0.05, 0) is 29.8 Å². The Bertz CT molecular complexity index is 589. The molecule has 1 atom stereocenters. The molecule has 0 aliphatic heterocycles. The van der Waals surface area contributed by atoms with Gasteiger partial charge in [-0.25, -0.2) is 4.79 Å². The van der Waals surface area contributed by atoms with Crippen LogP contribution in [-0.4, -0.2) is 17.9 Å². The first kappa shape index (κ1) is 16.9. The first-order valence-corrected chi connectivity index (χ1v) is 8.67. The molecule has 2 aromatic rings. The molecule has 0 bridgehead atoms. The molecule has 1 N–H and O–H groups in total. The second kappa shape index (κ2) is 8.86. The maximum Gasteiger partial charge on any atom is 0.407 e. The lowest BCUT2D eigenvalue weighted by Crippen LogP contribution is -2.29. The highest BCUT2D eigenvalue weighted by Gasteiger charge is 2.08. The van der Waals surface area contributed by atoms with E-state index in [1.807, 2.05) is 42.5 Å². The summed E-state index contributed by atoms with van der Waals surface area (Å²) in [5, 5.41) is 3.06. The fraction of sp³-hybridized carbons (Fsp3) is 0.235. The summed E-state index contributed by atoms with van der Waals surface area (Å²) in [4.78, 5) is 12.8. The molecule has 0 radical (unpaired) electrons. The number of rotatable bonds is 6. The van der Waals surface area contributed by atoms with Crippen LogP contribution in [-0.2, 0) is 11.3 Å². The van der Waals surface area contributed by atoms with Crippen LogP contribution in [0.15, 0.2) is 64.0 Å². The molecular weight excluding hydrogens is 362 g/mol. The molecule has 5 heteroatoms. The first-order valence-electron chi connectivity index (χ1n) is 7.00. The molecule has 0 aliphatic carbocycles. The second-order valence-corrected chi connectivity index (χ2v) is 7.25. The number of amides is 1. The molecule has 1 amide bonds. The third kappa shape index (κ3) is 6.12. The van der Waals surface area contributed by atoms with Crippen molar-refractivity contribution in [3.63, 3.8) is 0 Å². The Hall–Kier alpha value is -1.46. The van der Waals surface area contributed by atoms with Crippen molar-refractivity contribution in [2.24, 2.45) is 0 Å². The van der Waals surface area contributed by atoms with E-state index in [9.17, 15) is 4.79 Å². The van der Waals surface area contributed by atoms with Gasteiger partial charge in [-0.1, -0.05) is 53.2 Å². The van der Waals surface area contributed by atoms with Crippen LogP contribution in [0.25, 0.3) is 0 Å². The summed E-state index contributed by atoms with van der Waals surface area (Å²) in [6.07, 6.45) is -0.382. The SMILES string of the molecule is CC(CNC(=O)OCc1ccccc1)Sc1ccc(Br)cc1. The van der Waals surface area contributed by atoms with Gasteiger partial charge in [0.25, 0.3) is 0 Å². The summed E-state index contributed by atoms with van der Waals surface area (Å²) in [6, 6.07) is 17.8. The number of hydrogen-bond acceptors (Lipinski definition) is 3. The highest BCUT2D eigenvalue weighted by Crippen LogP contribution is 2.24. The maximum atomic E-state index is 11.7. The topological polar surface area (TPSA) is 38.3 Å². The standard InChI is InChI=1S/C17H18BrNO2S/c1-13(22-16-9-7-15(18)8-10-16)11-19-17(20)21-12-14-5-3-2-4-6-14/h2-10,13H,11-12H2,1H3,(H,19,20). The summed E-state index contributed by atoms with van der Waals surface area (Å²) in [7, 11) is 0. The lowest BCUT2D eigenvalue weighted by Gasteiger charge is -2.13. The van der Waals surface area contributed by atoms with Crippen molar-refractivity contribution in [1.82, 2.24) is 5.32 Å². The molecule has 0 heterocycles. The molecular formula is C17H18BrNO2S. The minimum Gasteiger partial charge on any atom is -0.445 e. The summed E-state index contributed by atoms with van der Waals surface area (Å²) in [6.45, 7) is 2.93. The van der Waals surface area contributed by atoms with E-state index < -0.39 is 0 Å². The molecule has 1 unspecified atom stereocenters. The van der Waals surface area contributed by atoms with E-state index in [-0.39, 0.29) is 11.3 Å². The Morgan fingerprint density at radius 3 is 2.55 bits per heavy atom. The van der Waals surface area contributed by atoms with Gasteiger partial charge < -0.3 is 10.1 Å². The summed E-state index contributed by atoms with van der Waals surface area (Å²) in [5.41, 5.74) is 0.981. The van der Waals surface area contributed by atoms with Crippen LogP contribution in [0.1, 0.15) is 12.5 Å². The number of nitrogens with one attached hydrogen (secondary N) is 1. The number of benzene rings is 2. The smallest absolute Gasteiger partial charge is 0.407 e. The highest BCUT2D eigenvalue weighted by atomic mass is 79.9. The maximum absolute atomic E-state index is 11.7. The Kier molecular flexibility index (Phi) is 6.80. The number of thioether (sulfide) groups is 1. The minimum absolute atomic E-state index is 0.269. The Labute approximate surface area is 143 Å². The zero-order chi connectivity index (χ0) is 15.8. The molecule has 0 spiro atoms. The van der Waals surface area contributed by atoms with Gasteiger partial charge in [0.1, 0.15) is 6.61 Å². The van der Waals surface area contributed by atoms with Crippen molar-refractivity contribution in [1.29, 1.82) is 0 Å². The fourth-order valence-electron chi connectivity index (χ4n) is 1.79. The van der Waals surface area contributed by atoms with E-state index in [1.165, 1.54) is 4.90 Å². The first-order chi connectivity index (χ1) is 10.6. The van der Waals surface area contributed by atoms with E-state index in [1.54, 1.807) is 11.8 Å². The third-order valence-corrected chi connectivity index (χ3v) is 4.54.